The van der Waals surface area contributed by atoms with E-state index in [-0.39, 0.29) is 35.3 Å². The quantitative estimate of drug-likeness (QED) is 0.0105. The third-order valence-corrected chi connectivity index (χ3v) is 14.9. The van der Waals surface area contributed by atoms with Crippen molar-refractivity contribution in [1.82, 2.24) is 4.98 Å². The Bertz CT molecular complexity index is 2850. The number of carbonyl (C=O) groups excluding carboxylic acids is 6. The van der Waals surface area contributed by atoms with Crippen LogP contribution in [0.25, 0.3) is 10.2 Å². The van der Waals surface area contributed by atoms with Crippen molar-refractivity contribution in [1.29, 1.82) is 0 Å². The van der Waals surface area contributed by atoms with E-state index in [9.17, 15) is 28.8 Å². The molecule has 424 valence electrons. The molecule has 17 nitrogen and oxygen atoms in total. The van der Waals surface area contributed by atoms with Gasteiger partial charge < -0.3 is 37.9 Å². The highest BCUT2D eigenvalue weighted by atomic mass is 32.1. The van der Waals surface area contributed by atoms with Crippen molar-refractivity contribution in [2.75, 3.05) is 38.0 Å². The zero-order valence-corrected chi connectivity index (χ0v) is 46.2. The van der Waals surface area contributed by atoms with Crippen LogP contribution < -0.4 is 33.4 Å². The molecule has 4 aromatic carbocycles. The van der Waals surface area contributed by atoms with Crippen molar-refractivity contribution in [2.45, 2.75) is 110 Å². The Labute approximate surface area is 471 Å². The lowest BCUT2D eigenvalue weighted by Gasteiger charge is -2.26. The Morgan fingerprint density at radius 1 is 0.537 bits per heavy atom. The molecular formula is C62H71N3O14S. The van der Waals surface area contributed by atoms with Crippen molar-refractivity contribution in [3.63, 3.8) is 0 Å². The third kappa shape index (κ3) is 18.9. The molecule has 2 aliphatic rings. The zero-order chi connectivity index (χ0) is 56.5. The van der Waals surface area contributed by atoms with Crippen LogP contribution in [0, 0.1) is 23.7 Å². The van der Waals surface area contributed by atoms with E-state index in [1.807, 2.05) is 31.2 Å². The van der Waals surface area contributed by atoms with Crippen molar-refractivity contribution < 1.29 is 66.7 Å². The molecule has 0 atom stereocenters. The molecule has 0 bridgehead atoms. The smallest absolute Gasteiger partial charge is 0.330 e. The van der Waals surface area contributed by atoms with Crippen molar-refractivity contribution in [3.05, 3.63) is 122 Å². The summed E-state index contributed by atoms with van der Waals surface area (Å²) in [4.78, 5) is 80.9. The van der Waals surface area contributed by atoms with Gasteiger partial charge in [-0.2, -0.15) is 5.10 Å². The average molecular weight is 1110 g/mol. The second-order valence-corrected chi connectivity index (χ2v) is 20.6. The number of nitrogens with zero attached hydrogens (tertiary/aromatic N) is 3. The molecule has 80 heavy (non-hydrogen) atoms. The van der Waals surface area contributed by atoms with E-state index < -0.39 is 35.7 Å². The van der Waals surface area contributed by atoms with E-state index >= 15 is 0 Å². The monoisotopic (exact) mass is 1110 g/mol. The summed E-state index contributed by atoms with van der Waals surface area (Å²) in [5.74, 6) is -1.45. The number of ether oxygens (including phenoxy) is 8. The fourth-order valence-electron chi connectivity index (χ4n) is 9.24. The van der Waals surface area contributed by atoms with E-state index in [1.54, 1.807) is 78.0 Å². The summed E-state index contributed by atoms with van der Waals surface area (Å²) in [6.45, 7) is 11.0. The lowest BCUT2D eigenvalue weighted by molar-refractivity contribution is -0.145. The van der Waals surface area contributed by atoms with E-state index in [2.05, 4.69) is 13.2 Å². The van der Waals surface area contributed by atoms with Gasteiger partial charge in [-0.1, -0.05) is 36.6 Å². The highest BCUT2D eigenvalue weighted by molar-refractivity contribution is 7.22. The van der Waals surface area contributed by atoms with Gasteiger partial charge in [0.15, 0.2) is 0 Å². The highest BCUT2D eigenvalue weighted by Crippen LogP contribution is 2.36. The molecule has 18 heteroatoms. The molecule has 0 unspecified atom stereocenters. The minimum Gasteiger partial charge on any atom is -0.494 e. The molecule has 0 saturated heterocycles. The first kappa shape index (κ1) is 59.8. The van der Waals surface area contributed by atoms with Crippen LogP contribution in [0.4, 0.5) is 5.13 Å². The molecule has 0 spiro atoms. The van der Waals surface area contributed by atoms with Gasteiger partial charge in [-0.3, -0.25) is 19.2 Å². The summed E-state index contributed by atoms with van der Waals surface area (Å²) in [6.07, 6.45) is 14.4. The first-order chi connectivity index (χ1) is 39.0. The molecule has 0 aliphatic heterocycles. The highest BCUT2D eigenvalue weighted by Gasteiger charge is 2.34. The van der Waals surface area contributed by atoms with Gasteiger partial charge >= 0.3 is 35.8 Å². The van der Waals surface area contributed by atoms with Gasteiger partial charge in [0.1, 0.15) is 34.5 Å². The average Bonchev–Trinajstić information content (AvgIpc) is 3.95. The molecule has 5 aromatic rings. The molecule has 7 rings (SSSR count). The normalized spacial score (nSPS) is 16.9. The summed E-state index contributed by atoms with van der Waals surface area (Å²) in [5, 5.41) is 7.17. The Morgan fingerprint density at radius 2 is 0.950 bits per heavy atom. The van der Waals surface area contributed by atoms with Crippen LogP contribution in [0.1, 0.15) is 115 Å². The minimum absolute atomic E-state index is 0.228. The number of hydrazone groups is 1. The Morgan fingerprint density at radius 3 is 1.40 bits per heavy atom. The van der Waals surface area contributed by atoms with Gasteiger partial charge in [-0.15, -0.1) is 0 Å². The number of para-hydroxylation sites is 1. The van der Waals surface area contributed by atoms with Gasteiger partial charge in [0.05, 0.1) is 66.5 Å². The maximum Gasteiger partial charge on any atom is 0.330 e. The summed E-state index contributed by atoms with van der Waals surface area (Å²) in [7, 11) is 0. The summed E-state index contributed by atoms with van der Waals surface area (Å²) in [6, 6.07) is 26.4. The van der Waals surface area contributed by atoms with Crippen LogP contribution in [-0.4, -0.2) is 80.0 Å². The van der Waals surface area contributed by atoms with Gasteiger partial charge in [0.2, 0.25) is 5.13 Å². The van der Waals surface area contributed by atoms with E-state index in [4.69, 9.17) is 48.0 Å². The number of esters is 6. The van der Waals surface area contributed by atoms with Crippen LogP contribution in [-0.2, 0) is 38.2 Å². The number of fused-ring (bicyclic) bond motifs is 1. The zero-order valence-electron chi connectivity index (χ0n) is 45.4. The Balaban J connectivity index is 0.877. The number of anilines is 1. The first-order valence-corrected chi connectivity index (χ1v) is 28.5. The molecule has 2 aliphatic carbocycles. The third-order valence-electron chi connectivity index (χ3n) is 13.9. The van der Waals surface area contributed by atoms with Gasteiger partial charge in [0, 0.05) is 24.3 Å². The molecule has 1 heterocycles. The number of hydrogen-bond acceptors (Lipinski definition) is 18. The number of benzene rings is 4. The summed E-state index contributed by atoms with van der Waals surface area (Å²) >= 11 is 1.50. The van der Waals surface area contributed by atoms with Crippen LogP contribution in [0.5, 0.6) is 34.5 Å². The molecule has 1 aromatic heterocycles. The minimum atomic E-state index is -0.461. The second kappa shape index (κ2) is 31.7. The van der Waals surface area contributed by atoms with E-state index in [0.717, 1.165) is 73.7 Å². The van der Waals surface area contributed by atoms with Crippen molar-refractivity contribution >= 4 is 68.7 Å². The fourth-order valence-corrected chi connectivity index (χ4v) is 10.2. The molecule has 2 fully saturated rings. The fraction of sp³-hybridized carbons (Fsp3) is 0.419. The number of unbranched alkanes of at least 4 members (excludes halogenated alkanes) is 6. The van der Waals surface area contributed by atoms with Crippen LogP contribution in [0.15, 0.2) is 121 Å². The van der Waals surface area contributed by atoms with E-state index in [0.29, 0.717) is 118 Å². The van der Waals surface area contributed by atoms with Crippen LogP contribution >= 0.6 is 11.3 Å². The lowest BCUT2D eigenvalue weighted by Crippen LogP contribution is -2.30. The van der Waals surface area contributed by atoms with Gasteiger partial charge in [0.25, 0.3) is 0 Å². The van der Waals surface area contributed by atoms with Gasteiger partial charge in [-0.05, 0) is 189 Å². The van der Waals surface area contributed by atoms with Gasteiger partial charge in [-0.25, -0.2) is 19.6 Å². The number of aromatic nitrogens is 1. The maximum absolute atomic E-state index is 13.8. The lowest BCUT2D eigenvalue weighted by atomic mass is 9.82. The van der Waals surface area contributed by atoms with Crippen molar-refractivity contribution in [3.8, 4) is 34.5 Å². The van der Waals surface area contributed by atoms with Crippen LogP contribution in [0.2, 0.25) is 0 Å². The molecule has 0 radical (unpaired) electrons. The number of hydrogen-bond donors (Lipinski definition) is 0. The molecule has 2 saturated carbocycles. The molecule has 0 amide bonds. The Hall–Kier alpha value is -7.86. The van der Waals surface area contributed by atoms with Crippen LogP contribution in [0.3, 0.4) is 0 Å². The molecule has 0 N–H and O–H groups in total. The summed E-state index contributed by atoms with van der Waals surface area (Å²) < 4.78 is 46.1. The number of rotatable bonds is 30. The predicted molar refractivity (Wildman–Crippen MR) is 303 cm³/mol. The second-order valence-electron chi connectivity index (χ2n) is 19.6. The molecular weight excluding hydrogens is 1040 g/mol. The summed E-state index contributed by atoms with van der Waals surface area (Å²) in [5.41, 5.74) is 1.25. The largest absolute Gasteiger partial charge is 0.494 e. The maximum atomic E-state index is 13.8. The topological polar surface area (TPSA) is 205 Å². The predicted octanol–water partition coefficient (Wildman–Crippen LogP) is 12.1. The number of carbonyl (C=O) groups is 6. The first-order valence-electron chi connectivity index (χ1n) is 27.7. The Kier molecular flexibility index (Phi) is 23.7. The SMILES string of the molecule is C=CC(=O)OCCCCCCOc1ccc(OC(=O)C2CCC(C(=O)Oc3ccc(OC(=O)C4CCC(C(=O)Oc5ccc(OCCCCCCOC(=O)C=C)cc5)CC4)c(/C=N/N(CC)c4nc5ccccc5s4)c3)CC2)cc1. The standard InChI is InChI=1S/C62H71N3O14S/c1-4-56(66)74-39-15-9-7-13-37-72-48-27-31-50(32-28-48)76-58(68)43-19-21-45(22-20-43)60(70)78-52-35-36-54(47(41-52)42-63-65(6-3)62-64-53-17-11-12-18-55(53)80-62)79-61(71)46-25-23-44(24-26-46)59(69)77-51-33-29-49(30-34-51)73-38-14-8-10-16-40-75-57(67)5-2/h4-5,11-12,17-18,27-36,41-46H,1-2,6-10,13-16,19-26,37-40H2,3H3/b63-42+. The van der Waals surface area contributed by atoms with E-state index in [1.165, 1.54) is 11.3 Å². The van der Waals surface area contributed by atoms with Crippen molar-refractivity contribution in [2.24, 2.45) is 28.8 Å². The number of thiazole rings is 1.